The number of nitrogens with zero attached hydrogens (tertiary/aromatic N) is 2. The van der Waals surface area contributed by atoms with Crippen LogP contribution in [0, 0.1) is 12.7 Å². The molecule has 2 aromatic rings. The van der Waals surface area contributed by atoms with Gasteiger partial charge in [-0.25, -0.2) is 4.39 Å². The van der Waals surface area contributed by atoms with Crippen molar-refractivity contribution in [2.45, 2.75) is 26.5 Å². The van der Waals surface area contributed by atoms with Gasteiger partial charge >= 0.3 is 0 Å². The number of aromatic nitrogens is 2. The van der Waals surface area contributed by atoms with Gasteiger partial charge in [-0.05, 0) is 26.0 Å². The second-order valence-corrected chi connectivity index (χ2v) is 4.29. The van der Waals surface area contributed by atoms with Crippen LogP contribution in [0.15, 0.2) is 24.3 Å². The molecule has 0 spiro atoms. The zero-order valence-electron chi connectivity index (χ0n) is 11.2. The maximum Gasteiger partial charge on any atom is 0.171 e. The number of rotatable bonds is 4. The summed E-state index contributed by atoms with van der Waals surface area (Å²) in [7, 11) is 1.40. The van der Waals surface area contributed by atoms with Gasteiger partial charge < -0.3 is 9.84 Å². The first-order valence-corrected chi connectivity index (χ1v) is 6.13. The highest BCUT2D eigenvalue weighted by Gasteiger charge is 2.21. The molecule has 1 aromatic carbocycles. The highest BCUT2D eigenvalue weighted by molar-refractivity contribution is 5.36. The van der Waals surface area contributed by atoms with Crippen molar-refractivity contribution in [3.63, 3.8) is 0 Å². The van der Waals surface area contributed by atoms with E-state index in [0.717, 1.165) is 5.69 Å². The number of aliphatic hydroxyl groups is 1. The van der Waals surface area contributed by atoms with Gasteiger partial charge in [0.15, 0.2) is 11.6 Å². The van der Waals surface area contributed by atoms with Crippen molar-refractivity contribution in [2.75, 3.05) is 7.11 Å². The Bertz CT molecular complexity index is 581. The number of hydrogen-bond donors (Lipinski definition) is 1. The van der Waals surface area contributed by atoms with Gasteiger partial charge in [-0.1, -0.05) is 12.1 Å². The molecule has 1 unspecified atom stereocenters. The minimum atomic E-state index is -1.06. The summed E-state index contributed by atoms with van der Waals surface area (Å²) in [4.78, 5) is 0. The number of benzene rings is 1. The number of hydrogen-bond acceptors (Lipinski definition) is 3. The van der Waals surface area contributed by atoms with E-state index in [1.807, 2.05) is 13.8 Å². The smallest absolute Gasteiger partial charge is 0.171 e. The van der Waals surface area contributed by atoms with E-state index in [-0.39, 0.29) is 11.3 Å². The second kappa shape index (κ2) is 5.40. The van der Waals surface area contributed by atoms with E-state index in [1.54, 1.807) is 22.9 Å². The molecule has 0 bridgehead atoms. The minimum absolute atomic E-state index is 0.121. The quantitative estimate of drug-likeness (QED) is 0.922. The summed E-state index contributed by atoms with van der Waals surface area (Å²) in [5.41, 5.74) is 1.56. The van der Waals surface area contributed by atoms with Crippen LogP contribution in [0.3, 0.4) is 0 Å². The van der Waals surface area contributed by atoms with Gasteiger partial charge in [0.05, 0.1) is 18.5 Å². The lowest BCUT2D eigenvalue weighted by Gasteiger charge is -2.14. The standard InChI is InChI=1S/C14H17FN2O2/c1-4-17-11(8-9(2)16-17)14(18)10-6-5-7-12(19-3)13(10)15/h5-8,14,18H,4H2,1-3H3. The minimum Gasteiger partial charge on any atom is -0.494 e. The third-order valence-corrected chi connectivity index (χ3v) is 3.02. The molecule has 0 saturated carbocycles. The first-order valence-electron chi connectivity index (χ1n) is 6.13. The molecule has 102 valence electrons. The molecule has 1 N–H and O–H groups in total. The van der Waals surface area contributed by atoms with Crippen LogP contribution in [-0.4, -0.2) is 22.0 Å². The molecule has 1 aromatic heterocycles. The van der Waals surface area contributed by atoms with Crippen molar-refractivity contribution in [3.05, 3.63) is 47.0 Å². The summed E-state index contributed by atoms with van der Waals surface area (Å²) in [6, 6.07) is 6.48. The van der Waals surface area contributed by atoms with Gasteiger partial charge in [-0.3, -0.25) is 4.68 Å². The average Bonchev–Trinajstić information content (AvgIpc) is 2.79. The molecule has 1 atom stereocenters. The van der Waals surface area contributed by atoms with Crippen molar-refractivity contribution >= 4 is 0 Å². The number of aliphatic hydroxyl groups excluding tert-OH is 1. The zero-order valence-corrected chi connectivity index (χ0v) is 11.2. The Kier molecular flexibility index (Phi) is 3.85. The summed E-state index contributed by atoms with van der Waals surface area (Å²) in [5.74, 6) is -0.421. The van der Waals surface area contributed by atoms with Gasteiger partial charge in [0, 0.05) is 12.1 Å². The number of halogens is 1. The molecule has 0 amide bonds. The SMILES string of the molecule is CCn1nc(C)cc1C(O)c1cccc(OC)c1F. The lowest BCUT2D eigenvalue weighted by atomic mass is 10.0. The Balaban J connectivity index is 2.46. The number of methoxy groups -OCH3 is 1. The Morgan fingerprint density at radius 1 is 1.47 bits per heavy atom. The highest BCUT2D eigenvalue weighted by Crippen LogP contribution is 2.29. The third kappa shape index (κ3) is 2.46. The van der Waals surface area contributed by atoms with Crippen molar-refractivity contribution in [3.8, 4) is 5.75 Å². The van der Waals surface area contributed by atoms with E-state index >= 15 is 0 Å². The Labute approximate surface area is 111 Å². The van der Waals surface area contributed by atoms with E-state index < -0.39 is 11.9 Å². The van der Waals surface area contributed by atoms with Gasteiger partial charge in [-0.15, -0.1) is 0 Å². The zero-order chi connectivity index (χ0) is 14.0. The molecule has 4 nitrogen and oxygen atoms in total. The Morgan fingerprint density at radius 2 is 2.21 bits per heavy atom. The summed E-state index contributed by atoms with van der Waals surface area (Å²) in [6.07, 6.45) is -1.06. The van der Waals surface area contributed by atoms with Gasteiger partial charge in [0.1, 0.15) is 6.10 Å². The molecule has 2 rings (SSSR count). The van der Waals surface area contributed by atoms with E-state index in [2.05, 4.69) is 5.10 Å². The first kappa shape index (κ1) is 13.5. The molecule has 0 aliphatic carbocycles. The van der Waals surface area contributed by atoms with Crippen molar-refractivity contribution < 1.29 is 14.2 Å². The monoisotopic (exact) mass is 264 g/mol. The molecule has 0 aliphatic heterocycles. The van der Waals surface area contributed by atoms with Crippen molar-refractivity contribution in [1.29, 1.82) is 0 Å². The lowest BCUT2D eigenvalue weighted by molar-refractivity contribution is 0.201. The molecular weight excluding hydrogens is 247 g/mol. The van der Waals surface area contributed by atoms with Crippen molar-refractivity contribution in [2.24, 2.45) is 0 Å². The summed E-state index contributed by atoms with van der Waals surface area (Å²) in [6.45, 7) is 4.38. The molecule has 0 saturated heterocycles. The number of ether oxygens (including phenoxy) is 1. The third-order valence-electron chi connectivity index (χ3n) is 3.02. The molecule has 19 heavy (non-hydrogen) atoms. The Hall–Kier alpha value is -1.88. The van der Waals surface area contributed by atoms with Gasteiger partial charge in [0.25, 0.3) is 0 Å². The van der Waals surface area contributed by atoms with Crippen LogP contribution in [0.1, 0.15) is 30.0 Å². The van der Waals surface area contributed by atoms with E-state index in [9.17, 15) is 9.50 Å². The molecular formula is C14H17FN2O2. The number of aryl methyl sites for hydroxylation is 2. The second-order valence-electron chi connectivity index (χ2n) is 4.29. The van der Waals surface area contributed by atoms with Crippen LogP contribution >= 0.6 is 0 Å². The van der Waals surface area contributed by atoms with Gasteiger partial charge in [0.2, 0.25) is 0 Å². The molecule has 0 radical (unpaired) electrons. The normalized spacial score (nSPS) is 12.5. The van der Waals surface area contributed by atoms with E-state index in [1.165, 1.54) is 13.2 Å². The van der Waals surface area contributed by atoms with Crippen LogP contribution in [0.25, 0.3) is 0 Å². The van der Waals surface area contributed by atoms with Crippen LogP contribution in [-0.2, 0) is 6.54 Å². The van der Waals surface area contributed by atoms with Crippen LogP contribution in [0.5, 0.6) is 5.75 Å². The maximum atomic E-state index is 14.1. The Morgan fingerprint density at radius 3 is 2.84 bits per heavy atom. The first-order chi connectivity index (χ1) is 9.08. The van der Waals surface area contributed by atoms with E-state index in [0.29, 0.717) is 12.2 Å². The molecule has 0 aliphatic rings. The van der Waals surface area contributed by atoms with Crippen LogP contribution in [0.2, 0.25) is 0 Å². The predicted octanol–water partition coefficient (Wildman–Crippen LogP) is 2.44. The fourth-order valence-corrected chi connectivity index (χ4v) is 2.09. The van der Waals surface area contributed by atoms with Crippen LogP contribution in [0.4, 0.5) is 4.39 Å². The average molecular weight is 264 g/mol. The predicted molar refractivity (Wildman–Crippen MR) is 69.7 cm³/mol. The molecule has 0 fully saturated rings. The summed E-state index contributed by atoms with van der Waals surface area (Å²) in [5, 5.41) is 14.6. The van der Waals surface area contributed by atoms with Crippen molar-refractivity contribution in [1.82, 2.24) is 9.78 Å². The fraction of sp³-hybridized carbons (Fsp3) is 0.357. The fourth-order valence-electron chi connectivity index (χ4n) is 2.09. The largest absolute Gasteiger partial charge is 0.494 e. The van der Waals surface area contributed by atoms with Gasteiger partial charge in [-0.2, -0.15) is 5.10 Å². The lowest BCUT2D eigenvalue weighted by Crippen LogP contribution is -2.10. The maximum absolute atomic E-state index is 14.1. The van der Waals surface area contributed by atoms with E-state index in [4.69, 9.17) is 4.74 Å². The highest BCUT2D eigenvalue weighted by atomic mass is 19.1. The molecule has 1 heterocycles. The molecule has 5 heteroatoms. The van der Waals surface area contributed by atoms with Crippen LogP contribution < -0.4 is 4.74 Å². The summed E-state index contributed by atoms with van der Waals surface area (Å²) < 4.78 is 20.7. The summed E-state index contributed by atoms with van der Waals surface area (Å²) >= 11 is 0. The topological polar surface area (TPSA) is 47.3 Å².